The fourth-order valence-electron chi connectivity index (χ4n) is 2.80. The average Bonchev–Trinajstić information content (AvgIpc) is 2.88. The molecule has 0 spiro atoms. The van der Waals surface area contributed by atoms with Gasteiger partial charge in [0, 0.05) is 30.9 Å². The molecule has 108 valence electrons. The monoisotopic (exact) mass is 264 g/mol. The van der Waals surface area contributed by atoms with Crippen LogP contribution in [-0.4, -0.2) is 40.4 Å². The molecule has 1 aliphatic rings. The molecule has 19 heavy (non-hydrogen) atoms. The number of piperidine rings is 1. The summed E-state index contributed by atoms with van der Waals surface area (Å²) in [4.78, 5) is 2.64. The highest BCUT2D eigenvalue weighted by atomic mass is 15.3. The Hall–Kier alpha value is -0.870. The minimum absolute atomic E-state index is 0.788. The summed E-state index contributed by atoms with van der Waals surface area (Å²) in [7, 11) is 0. The molecule has 4 nitrogen and oxygen atoms in total. The molecule has 1 aromatic heterocycles. The van der Waals surface area contributed by atoms with Crippen LogP contribution in [0.15, 0.2) is 12.4 Å². The summed E-state index contributed by atoms with van der Waals surface area (Å²) in [6, 6.07) is 0.788. The zero-order chi connectivity index (χ0) is 13.5. The second-order valence-corrected chi connectivity index (χ2v) is 5.62. The number of aryl methyl sites for hydroxylation is 1. The predicted octanol–water partition coefficient (Wildman–Crippen LogP) is 2.26. The van der Waals surface area contributed by atoms with Crippen molar-refractivity contribution in [1.29, 1.82) is 0 Å². The molecule has 0 bridgehead atoms. The molecule has 1 N–H and O–H groups in total. The smallest absolute Gasteiger partial charge is 0.0534 e. The van der Waals surface area contributed by atoms with Gasteiger partial charge in [0.25, 0.3) is 0 Å². The molecule has 2 heterocycles. The first-order valence-electron chi connectivity index (χ1n) is 7.75. The van der Waals surface area contributed by atoms with E-state index in [4.69, 9.17) is 0 Å². The molecule has 0 aromatic carbocycles. The van der Waals surface area contributed by atoms with Crippen LogP contribution in [0, 0.1) is 0 Å². The topological polar surface area (TPSA) is 33.1 Å². The Morgan fingerprint density at radius 1 is 1.42 bits per heavy atom. The summed E-state index contributed by atoms with van der Waals surface area (Å²) in [6.07, 6.45) is 9.50. The van der Waals surface area contributed by atoms with E-state index in [0.29, 0.717) is 0 Å². The van der Waals surface area contributed by atoms with Crippen LogP contribution in [0.5, 0.6) is 0 Å². The Morgan fingerprint density at radius 2 is 2.32 bits per heavy atom. The van der Waals surface area contributed by atoms with Gasteiger partial charge in [-0.15, -0.1) is 0 Å². The number of nitrogens with zero attached hydrogens (tertiary/aromatic N) is 3. The summed E-state index contributed by atoms with van der Waals surface area (Å²) in [5.74, 6) is 0. The molecule has 0 amide bonds. The number of aromatic nitrogens is 2. The normalized spacial score (nSPS) is 20.8. The molecular formula is C15H28N4. The van der Waals surface area contributed by atoms with Crippen LogP contribution in [0.1, 0.15) is 45.1 Å². The number of hydrogen-bond acceptors (Lipinski definition) is 3. The molecule has 2 rings (SSSR count). The third-order valence-corrected chi connectivity index (χ3v) is 4.08. The molecule has 4 heteroatoms. The van der Waals surface area contributed by atoms with Crippen molar-refractivity contribution in [2.24, 2.45) is 0 Å². The Balaban J connectivity index is 1.56. The third-order valence-electron chi connectivity index (χ3n) is 4.08. The fourth-order valence-corrected chi connectivity index (χ4v) is 2.80. The van der Waals surface area contributed by atoms with Crippen molar-refractivity contribution >= 4 is 0 Å². The van der Waals surface area contributed by atoms with Crippen LogP contribution in [-0.2, 0) is 13.1 Å². The molecule has 1 aliphatic heterocycles. The lowest BCUT2D eigenvalue weighted by atomic mass is 10.0. The third kappa shape index (κ3) is 4.62. The minimum Gasteiger partial charge on any atom is -0.313 e. The van der Waals surface area contributed by atoms with Crippen LogP contribution in [0.3, 0.4) is 0 Å². The van der Waals surface area contributed by atoms with E-state index in [1.165, 1.54) is 44.3 Å². The van der Waals surface area contributed by atoms with E-state index in [1.54, 1.807) is 0 Å². The fraction of sp³-hybridized carbons (Fsp3) is 0.800. The van der Waals surface area contributed by atoms with Crippen molar-refractivity contribution in [3.8, 4) is 0 Å². The van der Waals surface area contributed by atoms with Crippen molar-refractivity contribution in [1.82, 2.24) is 20.0 Å². The van der Waals surface area contributed by atoms with Gasteiger partial charge in [-0.1, -0.05) is 6.42 Å². The number of likely N-dealkylation sites (tertiary alicyclic amines) is 1. The van der Waals surface area contributed by atoms with Gasteiger partial charge in [-0.05, 0) is 52.7 Å². The quantitative estimate of drug-likeness (QED) is 0.767. The molecule has 0 saturated carbocycles. The van der Waals surface area contributed by atoms with Crippen LogP contribution in [0.4, 0.5) is 0 Å². The summed E-state index contributed by atoms with van der Waals surface area (Å²) < 4.78 is 1.98. The highest BCUT2D eigenvalue weighted by molar-refractivity contribution is 5.02. The maximum absolute atomic E-state index is 4.29. The van der Waals surface area contributed by atoms with Crippen molar-refractivity contribution in [3.05, 3.63) is 18.0 Å². The molecule has 1 aromatic rings. The van der Waals surface area contributed by atoms with Crippen molar-refractivity contribution in [2.45, 2.75) is 58.7 Å². The Labute approximate surface area is 117 Å². The maximum atomic E-state index is 4.29. The number of nitrogens with one attached hydrogen (secondary N) is 1. The highest BCUT2D eigenvalue weighted by Crippen LogP contribution is 2.16. The van der Waals surface area contributed by atoms with Crippen LogP contribution in [0.2, 0.25) is 0 Å². The van der Waals surface area contributed by atoms with Crippen molar-refractivity contribution in [3.63, 3.8) is 0 Å². The first kappa shape index (κ1) is 14.5. The van der Waals surface area contributed by atoms with Crippen LogP contribution >= 0.6 is 0 Å². The Bertz CT molecular complexity index is 361. The van der Waals surface area contributed by atoms with E-state index in [2.05, 4.69) is 35.4 Å². The Morgan fingerprint density at radius 3 is 3.05 bits per heavy atom. The maximum Gasteiger partial charge on any atom is 0.0534 e. The van der Waals surface area contributed by atoms with Crippen molar-refractivity contribution in [2.75, 3.05) is 19.6 Å². The van der Waals surface area contributed by atoms with Gasteiger partial charge in [-0.2, -0.15) is 5.10 Å². The standard InChI is InChI=1S/C15H28N4/c1-3-19-13-15(12-17-19)11-16-8-6-10-18-9-5-4-7-14(18)2/h12-14,16H,3-11H2,1-2H3. The summed E-state index contributed by atoms with van der Waals surface area (Å²) in [6.45, 7) is 10.0. The van der Waals surface area contributed by atoms with Gasteiger partial charge in [0.15, 0.2) is 0 Å². The second kappa shape index (κ2) is 7.65. The highest BCUT2D eigenvalue weighted by Gasteiger charge is 2.16. The molecular weight excluding hydrogens is 236 g/mol. The lowest BCUT2D eigenvalue weighted by Crippen LogP contribution is -2.38. The van der Waals surface area contributed by atoms with Gasteiger partial charge in [0.05, 0.1) is 6.20 Å². The van der Waals surface area contributed by atoms with E-state index in [-0.39, 0.29) is 0 Å². The molecule has 1 atom stereocenters. The van der Waals surface area contributed by atoms with E-state index >= 15 is 0 Å². The number of hydrogen-bond donors (Lipinski definition) is 1. The van der Waals surface area contributed by atoms with Crippen LogP contribution < -0.4 is 5.32 Å². The number of rotatable bonds is 7. The largest absolute Gasteiger partial charge is 0.313 e. The van der Waals surface area contributed by atoms with Gasteiger partial charge < -0.3 is 10.2 Å². The Kier molecular flexibility index (Phi) is 5.86. The summed E-state index contributed by atoms with van der Waals surface area (Å²) in [5.41, 5.74) is 1.29. The lowest BCUT2D eigenvalue weighted by molar-refractivity contribution is 0.159. The molecule has 0 aliphatic carbocycles. The first-order valence-corrected chi connectivity index (χ1v) is 7.75. The van der Waals surface area contributed by atoms with E-state index in [0.717, 1.165) is 25.7 Å². The zero-order valence-electron chi connectivity index (χ0n) is 12.4. The summed E-state index contributed by atoms with van der Waals surface area (Å²) in [5, 5.41) is 7.80. The minimum atomic E-state index is 0.788. The van der Waals surface area contributed by atoms with E-state index in [1.807, 2.05) is 10.9 Å². The molecule has 1 unspecified atom stereocenters. The second-order valence-electron chi connectivity index (χ2n) is 5.62. The predicted molar refractivity (Wildman–Crippen MR) is 79.1 cm³/mol. The summed E-state index contributed by atoms with van der Waals surface area (Å²) >= 11 is 0. The molecule has 1 saturated heterocycles. The van der Waals surface area contributed by atoms with Gasteiger partial charge in [-0.25, -0.2) is 0 Å². The van der Waals surface area contributed by atoms with Gasteiger partial charge in [0.2, 0.25) is 0 Å². The SMILES string of the molecule is CCn1cc(CNCCCN2CCCCC2C)cn1. The first-order chi connectivity index (χ1) is 9.29. The van der Waals surface area contributed by atoms with Crippen LogP contribution in [0.25, 0.3) is 0 Å². The lowest BCUT2D eigenvalue weighted by Gasteiger charge is -2.33. The van der Waals surface area contributed by atoms with E-state index in [9.17, 15) is 0 Å². The zero-order valence-corrected chi connectivity index (χ0v) is 12.4. The van der Waals surface area contributed by atoms with Crippen molar-refractivity contribution < 1.29 is 0 Å². The molecule has 0 radical (unpaired) electrons. The van der Waals surface area contributed by atoms with Gasteiger partial charge >= 0.3 is 0 Å². The van der Waals surface area contributed by atoms with E-state index < -0.39 is 0 Å². The average molecular weight is 264 g/mol. The molecule has 1 fully saturated rings. The van der Waals surface area contributed by atoms with Gasteiger partial charge in [0.1, 0.15) is 0 Å². The van der Waals surface area contributed by atoms with Gasteiger partial charge in [-0.3, -0.25) is 4.68 Å².